The van der Waals surface area contributed by atoms with Crippen LogP contribution in [0.25, 0.3) is 33.2 Å². The Hall–Kier alpha value is -3.06. The second kappa shape index (κ2) is 6.03. The van der Waals surface area contributed by atoms with Gasteiger partial charge in [0.2, 0.25) is 5.95 Å². The fourth-order valence-corrected chi connectivity index (χ4v) is 3.40. The molecule has 7 heteroatoms. The molecule has 1 fully saturated rings. The Morgan fingerprint density at radius 1 is 1.12 bits per heavy atom. The highest BCUT2D eigenvalue weighted by atomic mass is 16.5. The molecule has 0 saturated heterocycles. The number of aromatic amines is 1. The van der Waals surface area contributed by atoms with Gasteiger partial charge >= 0.3 is 0 Å². The number of hydrogen-bond acceptors (Lipinski definition) is 6. The van der Waals surface area contributed by atoms with E-state index >= 15 is 0 Å². The second-order valence-corrected chi connectivity index (χ2v) is 6.59. The minimum Gasteiger partial charge on any atom is -0.381 e. The lowest BCUT2D eigenvalue weighted by Crippen LogP contribution is -2.40. The molecule has 0 bridgehead atoms. The van der Waals surface area contributed by atoms with E-state index in [0.717, 1.165) is 46.0 Å². The fraction of sp³-hybridized carbons (Fsp3) is 0.263. The predicted molar refractivity (Wildman–Crippen MR) is 99.9 cm³/mol. The minimum absolute atomic E-state index is 0.351. The number of benzene rings is 1. The van der Waals surface area contributed by atoms with Gasteiger partial charge in [-0.25, -0.2) is 4.98 Å². The van der Waals surface area contributed by atoms with Crippen LogP contribution >= 0.6 is 0 Å². The quantitative estimate of drug-likeness (QED) is 0.590. The van der Waals surface area contributed by atoms with E-state index in [1.807, 2.05) is 30.6 Å². The van der Waals surface area contributed by atoms with Gasteiger partial charge in [-0.2, -0.15) is 4.98 Å². The Morgan fingerprint density at radius 2 is 1.96 bits per heavy atom. The predicted octanol–water partition coefficient (Wildman–Crippen LogP) is 3.16. The smallest absolute Gasteiger partial charge is 0.224 e. The zero-order chi connectivity index (χ0) is 17.5. The number of nitrogens with one attached hydrogen (secondary N) is 2. The van der Waals surface area contributed by atoms with Crippen molar-refractivity contribution in [3.05, 3.63) is 43.0 Å². The number of hydrogen-bond donors (Lipinski definition) is 2. The van der Waals surface area contributed by atoms with Crippen LogP contribution in [0.2, 0.25) is 0 Å². The summed E-state index contributed by atoms with van der Waals surface area (Å²) >= 11 is 0. The van der Waals surface area contributed by atoms with E-state index < -0.39 is 0 Å². The number of H-pyrrole nitrogens is 1. The topological polar surface area (TPSA) is 88.6 Å². The second-order valence-electron chi connectivity index (χ2n) is 6.59. The number of methoxy groups -OCH3 is 1. The summed E-state index contributed by atoms with van der Waals surface area (Å²) in [6, 6.07) is 6.45. The standard InChI is InChI=1S/C19H18N6O/c1-26-13-7-12(8-13)24-19-23-10-15-14(9-22-18(15)25-19)11-2-3-16-17(6-11)21-5-4-20-16/h2-6,9-10,12-13H,7-8H2,1H3,(H2,22,23,24,25). The Labute approximate surface area is 149 Å². The monoisotopic (exact) mass is 346 g/mol. The Kier molecular flexibility index (Phi) is 3.53. The lowest BCUT2D eigenvalue weighted by atomic mass is 9.89. The van der Waals surface area contributed by atoms with E-state index in [0.29, 0.717) is 18.1 Å². The molecule has 0 amide bonds. The average molecular weight is 346 g/mol. The van der Waals surface area contributed by atoms with E-state index in [1.165, 1.54) is 0 Å². The maximum absolute atomic E-state index is 5.31. The first kappa shape index (κ1) is 15.2. The van der Waals surface area contributed by atoms with E-state index in [4.69, 9.17) is 4.74 Å². The molecule has 7 nitrogen and oxygen atoms in total. The lowest BCUT2D eigenvalue weighted by molar-refractivity contribution is 0.0327. The molecule has 0 radical (unpaired) electrons. The van der Waals surface area contributed by atoms with Gasteiger partial charge in [0, 0.05) is 48.9 Å². The van der Waals surface area contributed by atoms with E-state index in [1.54, 1.807) is 19.5 Å². The molecule has 130 valence electrons. The lowest BCUT2D eigenvalue weighted by Gasteiger charge is -2.34. The molecule has 3 heterocycles. The third kappa shape index (κ3) is 2.57. The van der Waals surface area contributed by atoms with Crippen molar-refractivity contribution in [2.45, 2.75) is 25.0 Å². The van der Waals surface area contributed by atoms with Gasteiger partial charge in [0.15, 0.2) is 0 Å². The summed E-state index contributed by atoms with van der Waals surface area (Å²) in [4.78, 5) is 21.1. The molecule has 1 aliphatic carbocycles. The number of ether oxygens (including phenoxy) is 1. The molecule has 5 rings (SSSR count). The van der Waals surface area contributed by atoms with Crippen molar-refractivity contribution < 1.29 is 4.74 Å². The van der Waals surface area contributed by atoms with Gasteiger partial charge in [-0.3, -0.25) is 9.97 Å². The van der Waals surface area contributed by atoms with Crippen LogP contribution in [0.3, 0.4) is 0 Å². The summed E-state index contributed by atoms with van der Waals surface area (Å²) in [5, 5.41) is 4.36. The van der Waals surface area contributed by atoms with Crippen molar-refractivity contribution in [2.75, 3.05) is 12.4 Å². The summed E-state index contributed by atoms with van der Waals surface area (Å²) in [6.45, 7) is 0. The Morgan fingerprint density at radius 3 is 2.81 bits per heavy atom. The average Bonchev–Trinajstić information content (AvgIpc) is 3.07. The molecule has 26 heavy (non-hydrogen) atoms. The maximum atomic E-state index is 5.31. The number of nitrogens with zero attached hydrogens (tertiary/aromatic N) is 4. The van der Waals surface area contributed by atoms with Gasteiger partial charge in [-0.1, -0.05) is 6.07 Å². The van der Waals surface area contributed by atoms with Crippen LogP contribution in [0.15, 0.2) is 43.0 Å². The van der Waals surface area contributed by atoms with Crippen LogP contribution in [-0.4, -0.2) is 44.2 Å². The van der Waals surface area contributed by atoms with Crippen molar-refractivity contribution in [2.24, 2.45) is 0 Å². The van der Waals surface area contributed by atoms with Crippen LogP contribution < -0.4 is 5.32 Å². The van der Waals surface area contributed by atoms with Gasteiger partial charge in [0.05, 0.1) is 17.1 Å². The first-order valence-corrected chi connectivity index (χ1v) is 8.65. The third-order valence-electron chi connectivity index (χ3n) is 4.97. The molecule has 3 aromatic heterocycles. The SMILES string of the molecule is COC1CC(Nc2ncc3c(-c4ccc5nccnc5c4)c[nH]c3n2)C1. The molecule has 1 aromatic carbocycles. The van der Waals surface area contributed by atoms with Crippen LogP contribution in [-0.2, 0) is 4.74 Å². The van der Waals surface area contributed by atoms with E-state index in [2.05, 4.69) is 30.2 Å². The normalized spacial score (nSPS) is 19.6. The van der Waals surface area contributed by atoms with Crippen molar-refractivity contribution in [3.8, 4) is 11.1 Å². The third-order valence-corrected chi connectivity index (χ3v) is 4.97. The molecular weight excluding hydrogens is 328 g/mol. The van der Waals surface area contributed by atoms with Crippen LogP contribution in [0, 0.1) is 0 Å². The van der Waals surface area contributed by atoms with Crippen molar-refractivity contribution in [1.29, 1.82) is 0 Å². The van der Waals surface area contributed by atoms with Crippen LogP contribution in [0.5, 0.6) is 0 Å². The van der Waals surface area contributed by atoms with Crippen molar-refractivity contribution in [3.63, 3.8) is 0 Å². The molecule has 0 aliphatic heterocycles. The van der Waals surface area contributed by atoms with Crippen LogP contribution in [0.1, 0.15) is 12.8 Å². The molecule has 0 unspecified atom stereocenters. The number of anilines is 1. The minimum atomic E-state index is 0.351. The van der Waals surface area contributed by atoms with Gasteiger partial charge < -0.3 is 15.0 Å². The largest absolute Gasteiger partial charge is 0.381 e. The highest BCUT2D eigenvalue weighted by Gasteiger charge is 2.29. The Bertz CT molecular complexity index is 1090. The maximum Gasteiger partial charge on any atom is 0.224 e. The first-order chi connectivity index (χ1) is 12.8. The van der Waals surface area contributed by atoms with Gasteiger partial charge in [-0.15, -0.1) is 0 Å². The summed E-state index contributed by atoms with van der Waals surface area (Å²) in [7, 11) is 1.75. The summed E-state index contributed by atoms with van der Waals surface area (Å²) in [5.74, 6) is 0.648. The van der Waals surface area contributed by atoms with Crippen LogP contribution in [0.4, 0.5) is 5.95 Å². The molecule has 1 saturated carbocycles. The molecule has 0 spiro atoms. The fourth-order valence-electron chi connectivity index (χ4n) is 3.40. The Balaban J connectivity index is 1.45. The highest BCUT2D eigenvalue weighted by molar-refractivity contribution is 5.95. The highest BCUT2D eigenvalue weighted by Crippen LogP contribution is 2.30. The zero-order valence-electron chi connectivity index (χ0n) is 14.3. The van der Waals surface area contributed by atoms with Crippen molar-refractivity contribution >= 4 is 28.0 Å². The van der Waals surface area contributed by atoms with Gasteiger partial charge in [0.25, 0.3) is 0 Å². The summed E-state index contributed by atoms with van der Waals surface area (Å²) < 4.78 is 5.31. The van der Waals surface area contributed by atoms with Gasteiger partial charge in [-0.05, 0) is 30.5 Å². The van der Waals surface area contributed by atoms with Gasteiger partial charge in [0.1, 0.15) is 5.65 Å². The van der Waals surface area contributed by atoms with Crippen molar-refractivity contribution in [1.82, 2.24) is 24.9 Å². The molecule has 2 N–H and O–H groups in total. The van der Waals surface area contributed by atoms with E-state index in [9.17, 15) is 0 Å². The molecule has 0 atom stereocenters. The number of rotatable bonds is 4. The molecule has 4 aromatic rings. The summed E-state index contributed by atoms with van der Waals surface area (Å²) in [6.07, 6.45) is 9.57. The summed E-state index contributed by atoms with van der Waals surface area (Å²) in [5.41, 5.74) is 4.70. The zero-order valence-corrected chi connectivity index (χ0v) is 14.3. The first-order valence-electron chi connectivity index (χ1n) is 8.65. The molecular formula is C19H18N6O. The number of aromatic nitrogens is 5. The van der Waals surface area contributed by atoms with E-state index in [-0.39, 0.29) is 0 Å². The molecule has 1 aliphatic rings. The number of fused-ring (bicyclic) bond motifs is 2.